The van der Waals surface area contributed by atoms with Crippen LogP contribution in [0.1, 0.15) is 25.7 Å². The van der Waals surface area contributed by atoms with Crippen molar-refractivity contribution in [3.63, 3.8) is 0 Å². The van der Waals surface area contributed by atoms with E-state index < -0.39 is 0 Å². The zero-order chi connectivity index (χ0) is 5.82. The summed E-state index contributed by atoms with van der Waals surface area (Å²) >= 11 is 0. The molecule has 2 heteroatoms. The van der Waals surface area contributed by atoms with E-state index in [0.717, 1.165) is 19.4 Å². The van der Waals surface area contributed by atoms with E-state index >= 15 is 0 Å². The van der Waals surface area contributed by atoms with Gasteiger partial charge in [-0.05, 0) is 25.2 Å². The highest BCUT2D eigenvalue weighted by Crippen LogP contribution is 2.03. The van der Waals surface area contributed by atoms with Gasteiger partial charge in [0.2, 0.25) is 0 Å². The molecule has 0 amide bonds. The molecule has 46 valence electrons. The van der Waals surface area contributed by atoms with Gasteiger partial charge in [0.25, 0.3) is 0 Å². The van der Waals surface area contributed by atoms with Gasteiger partial charge in [-0.15, -0.1) is 0 Å². The Morgan fingerprint density at radius 3 is 3.00 bits per heavy atom. The summed E-state index contributed by atoms with van der Waals surface area (Å²) in [5.74, 6) is 0.0995. The van der Waals surface area contributed by atoms with E-state index in [1.54, 1.807) is 0 Å². The first-order valence-corrected chi connectivity index (χ1v) is 3.10. The van der Waals surface area contributed by atoms with Crippen LogP contribution in [0.3, 0.4) is 0 Å². The van der Waals surface area contributed by atoms with Gasteiger partial charge in [0, 0.05) is 6.54 Å². The molecule has 8 heavy (non-hydrogen) atoms. The number of aliphatic imine (C=N–C) groups is 1. The lowest BCUT2D eigenvalue weighted by Crippen LogP contribution is -2.16. The SMILES string of the molecule is [O-]C1=NCCCCC1. The third-order valence-corrected chi connectivity index (χ3v) is 1.34. The fraction of sp³-hybridized carbons (Fsp3) is 0.833. The van der Waals surface area contributed by atoms with E-state index in [1.807, 2.05) is 0 Å². The van der Waals surface area contributed by atoms with E-state index in [9.17, 15) is 5.11 Å². The van der Waals surface area contributed by atoms with E-state index in [0.29, 0.717) is 6.42 Å². The number of hydrogen-bond acceptors (Lipinski definition) is 2. The van der Waals surface area contributed by atoms with Crippen LogP contribution in [0.4, 0.5) is 0 Å². The molecule has 2 nitrogen and oxygen atoms in total. The standard InChI is InChI=1S/C6H11NO/c8-6-4-2-1-3-5-7-6/h1-5H2,(H,7,8)/p-1. The van der Waals surface area contributed by atoms with Crippen molar-refractivity contribution in [3.05, 3.63) is 0 Å². The normalized spacial score (nSPS) is 21.8. The van der Waals surface area contributed by atoms with Crippen molar-refractivity contribution in [1.29, 1.82) is 0 Å². The maximum atomic E-state index is 10.5. The highest BCUT2D eigenvalue weighted by molar-refractivity contribution is 5.71. The Morgan fingerprint density at radius 2 is 2.12 bits per heavy atom. The molecule has 1 heterocycles. The molecule has 0 N–H and O–H groups in total. The Kier molecular flexibility index (Phi) is 1.89. The van der Waals surface area contributed by atoms with E-state index in [2.05, 4.69) is 4.99 Å². The summed E-state index contributed by atoms with van der Waals surface area (Å²) in [7, 11) is 0. The number of nitrogens with zero attached hydrogens (tertiary/aromatic N) is 1. The second kappa shape index (κ2) is 2.70. The molecule has 0 saturated heterocycles. The highest BCUT2D eigenvalue weighted by Gasteiger charge is 1.92. The molecule has 1 aliphatic rings. The molecule has 0 atom stereocenters. The molecule has 0 radical (unpaired) electrons. The fourth-order valence-corrected chi connectivity index (χ4v) is 0.848. The van der Waals surface area contributed by atoms with Crippen molar-refractivity contribution in [2.45, 2.75) is 25.7 Å². The average Bonchev–Trinajstić information content (AvgIpc) is 1.94. The monoisotopic (exact) mass is 112 g/mol. The minimum absolute atomic E-state index is 0.0995. The first kappa shape index (κ1) is 5.60. The molecule has 0 saturated carbocycles. The molecule has 0 aromatic rings. The molecular weight excluding hydrogens is 102 g/mol. The molecule has 0 spiro atoms. The zero-order valence-electron chi connectivity index (χ0n) is 4.89. The summed E-state index contributed by atoms with van der Waals surface area (Å²) in [5.41, 5.74) is 0. The van der Waals surface area contributed by atoms with Crippen molar-refractivity contribution in [2.75, 3.05) is 6.54 Å². The largest absolute Gasteiger partial charge is 0.862 e. The average molecular weight is 112 g/mol. The van der Waals surface area contributed by atoms with Crippen LogP contribution in [0.15, 0.2) is 4.99 Å². The van der Waals surface area contributed by atoms with Crippen molar-refractivity contribution in [3.8, 4) is 0 Å². The minimum Gasteiger partial charge on any atom is -0.862 e. The van der Waals surface area contributed by atoms with Crippen LogP contribution in [0.5, 0.6) is 0 Å². The predicted molar refractivity (Wildman–Crippen MR) is 30.8 cm³/mol. The smallest absolute Gasteiger partial charge is 0.0378 e. The van der Waals surface area contributed by atoms with Gasteiger partial charge in [0.1, 0.15) is 0 Å². The Bertz CT molecular complexity index is 98.7. The summed E-state index contributed by atoms with van der Waals surface area (Å²) in [6.07, 6.45) is 4.00. The first-order chi connectivity index (χ1) is 3.89. The third-order valence-electron chi connectivity index (χ3n) is 1.34. The maximum Gasteiger partial charge on any atom is 0.0378 e. The van der Waals surface area contributed by atoms with Gasteiger partial charge in [-0.1, -0.05) is 6.42 Å². The molecular formula is C6H10NO-. The van der Waals surface area contributed by atoms with Gasteiger partial charge >= 0.3 is 0 Å². The molecule has 1 aliphatic heterocycles. The van der Waals surface area contributed by atoms with Crippen LogP contribution >= 0.6 is 0 Å². The molecule has 0 unspecified atom stereocenters. The Labute approximate surface area is 49.2 Å². The molecule has 0 aromatic carbocycles. The lowest BCUT2D eigenvalue weighted by molar-refractivity contribution is -0.218. The van der Waals surface area contributed by atoms with Gasteiger partial charge in [0.15, 0.2) is 0 Å². The topological polar surface area (TPSA) is 35.4 Å². The summed E-state index contributed by atoms with van der Waals surface area (Å²) in [6.45, 7) is 0.763. The van der Waals surface area contributed by atoms with Gasteiger partial charge < -0.3 is 10.1 Å². The molecule has 0 aromatic heterocycles. The number of hydrogen-bond donors (Lipinski definition) is 0. The minimum atomic E-state index is 0.0995. The highest BCUT2D eigenvalue weighted by atomic mass is 16.3. The first-order valence-electron chi connectivity index (χ1n) is 3.10. The Morgan fingerprint density at radius 1 is 1.25 bits per heavy atom. The molecule has 0 fully saturated rings. The Balaban J connectivity index is 2.36. The summed E-state index contributed by atoms with van der Waals surface area (Å²) in [4.78, 5) is 3.78. The van der Waals surface area contributed by atoms with Crippen LogP contribution in [-0.2, 0) is 0 Å². The van der Waals surface area contributed by atoms with Crippen molar-refractivity contribution in [2.24, 2.45) is 4.99 Å². The van der Waals surface area contributed by atoms with E-state index in [4.69, 9.17) is 0 Å². The van der Waals surface area contributed by atoms with Crippen LogP contribution in [0.2, 0.25) is 0 Å². The second-order valence-electron chi connectivity index (χ2n) is 2.09. The van der Waals surface area contributed by atoms with Crippen LogP contribution in [0, 0.1) is 0 Å². The quantitative estimate of drug-likeness (QED) is 0.444. The maximum absolute atomic E-state index is 10.5. The van der Waals surface area contributed by atoms with Gasteiger partial charge in [-0.2, -0.15) is 0 Å². The summed E-state index contributed by atoms with van der Waals surface area (Å²) in [5, 5.41) is 10.5. The van der Waals surface area contributed by atoms with Crippen LogP contribution in [-0.4, -0.2) is 12.4 Å². The van der Waals surface area contributed by atoms with Crippen molar-refractivity contribution >= 4 is 5.90 Å². The van der Waals surface area contributed by atoms with Crippen molar-refractivity contribution in [1.82, 2.24) is 0 Å². The van der Waals surface area contributed by atoms with Gasteiger partial charge in [-0.25, -0.2) is 0 Å². The molecule has 0 bridgehead atoms. The van der Waals surface area contributed by atoms with Crippen LogP contribution in [0.25, 0.3) is 0 Å². The number of rotatable bonds is 0. The summed E-state index contributed by atoms with van der Waals surface area (Å²) in [6, 6.07) is 0. The molecule has 1 rings (SSSR count). The zero-order valence-corrected chi connectivity index (χ0v) is 4.89. The fourth-order valence-electron chi connectivity index (χ4n) is 0.848. The van der Waals surface area contributed by atoms with Gasteiger partial charge in [0.05, 0.1) is 0 Å². The van der Waals surface area contributed by atoms with Gasteiger partial charge in [-0.3, -0.25) is 0 Å². The second-order valence-corrected chi connectivity index (χ2v) is 2.09. The lowest BCUT2D eigenvalue weighted by Gasteiger charge is -2.04. The molecule has 0 aliphatic carbocycles. The van der Waals surface area contributed by atoms with Crippen LogP contribution < -0.4 is 5.11 Å². The lowest BCUT2D eigenvalue weighted by atomic mass is 10.2. The van der Waals surface area contributed by atoms with E-state index in [-0.39, 0.29) is 5.90 Å². The van der Waals surface area contributed by atoms with E-state index in [1.165, 1.54) is 6.42 Å². The summed E-state index contributed by atoms with van der Waals surface area (Å²) < 4.78 is 0. The Hall–Kier alpha value is -0.530. The third kappa shape index (κ3) is 1.52. The van der Waals surface area contributed by atoms with Crippen molar-refractivity contribution < 1.29 is 5.11 Å². The predicted octanol–water partition coefficient (Wildman–Crippen LogP) is 0.319.